The van der Waals surface area contributed by atoms with Crippen LogP contribution >= 0.6 is 11.6 Å². The number of hydrogen-bond acceptors (Lipinski definition) is 4. The van der Waals surface area contributed by atoms with Crippen LogP contribution in [0, 0.1) is 10.1 Å². The minimum Gasteiger partial charge on any atom is -0.376 e. The lowest BCUT2D eigenvalue weighted by atomic mass is 10.1. The van der Waals surface area contributed by atoms with Crippen LogP contribution in [-0.2, 0) is 4.74 Å². The maximum atomic E-state index is 10.9. The van der Waals surface area contributed by atoms with Gasteiger partial charge >= 0.3 is 0 Å². The SMILES string of the molecule is CC1OCCC1Nc1cc(Cl)ccc1[N+](=O)[O-]. The summed E-state index contributed by atoms with van der Waals surface area (Å²) in [5.74, 6) is 0. The van der Waals surface area contributed by atoms with Crippen LogP contribution in [0.25, 0.3) is 0 Å². The zero-order chi connectivity index (χ0) is 12.4. The number of halogens is 1. The third-order valence-corrected chi connectivity index (χ3v) is 3.11. The fraction of sp³-hybridized carbons (Fsp3) is 0.455. The van der Waals surface area contributed by atoms with E-state index in [1.165, 1.54) is 12.1 Å². The van der Waals surface area contributed by atoms with E-state index in [0.717, 1.165) is 6.42 Å². The van der Waals surface area contributed by atoms with Crippen molar-refractivity contribution in [3.8, 4) is 0 Å². The number of benzene rings is 1. The summed E-state index contributed by atoms with van der Waals surface area (Å²) in [6, 6.07) is 4.59. The van der Waals surface area contributed by atoms with Gasteiger partial charge in [-0.05, 0) is 25.5 Å². The Morgan fingerprint density at radius 2 is 2.35 bits per heavy atom. The van der Waals surface area contributed by atoms with Crippen LogP contribution in [0.15, 0.2) is 18.2 Å². The van der Waals surface area contributed by atoms with E-state index in [4.69, 9.17) is 16.3 Å². The summed E-state index contributed by atoms with van der Waals surface area (Å²) in [6.07, 6.45) is 0.888. The Balaban J connectivity index is 2.24. The molecule has 1 aliphatic rings. The van der Waals surface area contributed by atoms with Gasteiger partial charge in [0.2, 0.25) is 0 Å². The Morgan fingerprint density at radius 3 is 2.94 bits per heavy atom. The van der Waals surface area contributed by atoms with Crippen molar-refractivity contribution >= 4 is 23.0 Å². The first kappa shape index (κ1) is 12.1. The zero-order valence-electron chi connectivity index (χ0n) is 9.35. The molecule has 2 unspecified atom stereocenters. The topological polar surface area (TPSA) is 64.4 Å². The van der Waals surface area contributed by atoms with Crippen LogP contribution < -0.4 is 5.32 Å². The third kappa shape index (κ3) is 2.68. The smallest absolute Gasteiger partial charge is 0.292 e. The van der Waals surface area contributed by atoms with Crippen LogP contribution in [0.5, 0.6) is 0 Å². The van der Waals surface area contributed by atoms with Gasteiger partial charge in [-0.25, -0.2) is 0 Å². The Labute approximate surface area is 104 Å². The molecule has 1 N–H and O–H groups in total. The number of nitrogens with one attached hydrogen (secondary N) is 1. The molecule has 0 bridgehead atoms. The molecular weight excluding hydrogens is 244 g/mol. The Bertz CT molecular complexity index is 439. The summed E-state index contributed by atoms with van der Waals surface area (Å²) in [5.41, 5.74) is 0.485. The highest BCUT2D eigenvalue weighted by atomic mass is 35.5. The number of anilines is 1. The molecule has 2 atom stereocenters. The van der Waals surface area contributed by atoms with E-state index >= 15 is 0 Å². The summed E-state index contributed by atoms with van der Waals surface area (Å²) in [5, 5.41) is 14.5. The number of hydrogen-bond donors (Lipinski definition) is 1. The summed E-state index contributed by atoms with van der Waals surface area (Å²) < 4.78 is 5.40. The average Bonchev–Trinajstić information content (AvgIpc) is 2.64. The third-order valence-electron chi connectivity index (χ3n) is 2.87. The van der Waals surface area contributed by atoms with Gasteiger partial charge in [0.1, 0.15) is 5.69 Å². The molecule has 17 heavy (non-hydrogen) atoms. The molecule has 0 spiro atoms. The van der Waals surface area contributed by atoms with Gasteiger partial charge in [-0.2, -0.15) is 0 Å². The van der Waals surface area contributed by atoms with E-state index in [2.05, 4.69) is 5.32 Å². The number of ether oxygens (including phenoxy) is 1. The van der Waals surface area contributed by atoms with E-state index in [1.807, 2.05) is 6.92 Å². The Kier molecular flexibility index (Phi) is 3.49. The predicted molar refractivity (Wildman–Crippen MR) is 65.5 cm³/mol. The van der Waals surface area contributed by atoms with Gasteiger partial charge in [-0.15, -0.1) is 0 Å². The van der Waals surface area contributed by atoms with E-state index in [0.29, 0.717) is 17.3 Å². The molecule has 2 rings (SSSR count). The average molecular weight is 257 g/mol. The van der Waals surface area contributed by atoms with Gasteiger partial charge in [0.25, 0.3) is 5.69 Å². The highest BCUT2D eigenvalue weighted by molar-refractivity contribution is 6.31. The van der Waals surface area contributed by atoms with Crippen molar-refractivity contribution in [1.29, 1.82) is 0 Å². The quantitative estimate of drug-likeness (QED) is 0.667. The van der Waals surface area contributed by atoms with Crippen LogP contribution in [0.1, 0.15) is 13.3 Å². The lowest BCUT2D eigenvalue weighted by Gasteiger charge is -2.17. The fourth-order valence-electron chi connectivity index (χ4n) is 1.90. The maximum Gasteiger partial charge on any atom is 0.292 e. The molecule has 0 aliphatic carbocycles. The van der Waals surface area contributed by atoms with Crippen molar-refractivity contribution in [2.75, 3.05) is 11.9 Å². The van der Waals surface area contributed by atoms with Crippen LogP contribution in [-0.4, -0.2) is 23.7 Å². The number of nitro groups is 1. The van der Waals surface area contributed by atoms with Crippen molar-refractivity contribution in [1.82, 2.24) is 0 Å². The highest BCUT2D eigenvalue weighted by Crippen LogP contribution is 2.30. The maximum absolute atomic E-state index is 10.9. The molecule has 1 saturated heterocycles. The Hall–Kier alpha value is -1.33. The first-order valence-electron chi connectivity index (χ1n) is 5.40. The molecule has 0 amide bonds. The molecule has 6 heteroatoms. The van der Waals surface area contributed by atoms with E-state index in [1.54, 1.807) is 6.07 Å². The number of nitro benzene ring substituents is 1. The predicted octanol–water partition coefficient (Wildman–Crippen LogP) is 2.84. The molecule has 0 radical (unpaired) electrons. The van der Waals surface area contributed by atoms with Crippen molar-refractivity contribution < 1.29 is 9.66 Å². The molecule has 0 aromatic heterocycles. The molecule has 1 aromatic rings. The minimum atomic E-state index is -0.418. The standard InChI is InChI=1S/C11H13ClN2O3/c1-7-9(4-5-17-7)13-10-6-8(12)2-3-11(10)14(15)16/h2-3,6-7,9,13H,4-5H2,1H3. The molecule has 1 heterocycles. The first-order chi connectivity index (χ1) is 8.08. The van der Waals surface area contributed by atoms with E-state index in [-0.39, 0.29) is 17.8 Å². The lowest BCUT2D eigenvalue weighted by Crippen LogP contribution is -2.26. The van der Waals surface area contributed by atoms with Crippen LogP contribution in [0.4, 0.5) is 11.4 Å². The lowest BCUT2D eigenvalue weighted by molar-refractivity contribution is -0.384. The monoisotopic (exact) mass is 256 g/mol. The van der Waals surface area contributed by atoms with E-state index < -0.39 is 4.92 Å². The summed E-state index contributed by atoms with van der Waals surface area (Å²) in [7, 11) is 0. The van der Waals surface area contributed by atoms with Crippen molar-refractivity contribution in [3.63, 3.8) is 0 Å². The van der Waals surface area contributed by atoms with Gasteiger partial charge in [-0.1, -0.05) is 11.6 Å². The summed E-state index contributed by atoms with van der Waals surface area (Å²) in [6.45, 7) is 2.62. The highest BCUT2D eigenvalue weighted by Gasteiger charge is 2.26. The molecule has 92 valence electrons. The normalized spacial score (nSPS) is 23.6. The molecule has 0 saturated carbocycles. The largest absolute Gasteiger partial charge is 0.376 e. The van der Waals surface area contributed by atoms with Gasteiger partial charge in [0.15, 0.2) is 0 Å². The van der Waals surface area contributed by atoms with Crippen LogP contribution in [0.3, 0.4) is 0 Å². The van der Waals surface area contributed by atoms with Crippen molar-refractivity contribution in [3.05, 3.63) is 33.3 Å². The van der Waals surface area contributed by atoms with Gasteiger partial charge < -0.3 is 10.1 Å². The number of nitrogens with zero attached hydrogens (tertiary/aromatic N) is 1. The summed E-state index contributed by atoms with van der Waals surface area (Å²) >= 11 is 5.85. The molecule has 1 aromatic carbocycles. The van der Waals surface area contributed by atoms with Crippen LogP contribution in [0.2, 0.25) is 5.02 Å². The molecule has 1 fully saturated rings. The van der Waals surface area contributed by atoms with Crippen molar-refractivity contribution in [2.45, 2.75) is 25.5 Å². The zero-order valence-corrected chi connectivity index (χ0v) is 10.1. The second kappa shape index (κ2) is 4.89. The van der Waals surface area contributed by atoms with Crippen molar-refractivity contribution in [2.24, 2.45) is 0 Å². The fourth-order valence-corrected chi connectivity index (χ4v) is 2.08. The van der Waals surface area contributed by atoms with E-state index in [9.17, 15) is 10.1 Å². The molecule has 5 nitrogen and oxygen atoms in total. The van der Waals surface area contributed by atoms with Gasteiger partial charge in [0, 0.05) is 17.7 Å². The molecular formula is C11H13ClN2O3. The summed E-state index contributed by atoms with van der Waals surface area (Å²) in [4.78, 5) is 10.5. The first-order valence-corrected chi connectivity index (χ1v) is 5.78. The van der Waals surface area contributed by atoms with Gasteiger partial charge in [0.05, 0.1) is 17.1 Å². The molecule has 1 aliphatic heterocycles. The van der Waals surface area contributed by atoms with Gasteiger partial charge in [-0.3, -0.25) is 10.1 Å². The Morgan fingerprint density at radius 1 is 1.59 bits per heavy atom. The number of rotatable bonds is 3. The second-order valence-electron chi connectivity index (χ2n) is 4.03. The second-order valence-corrected chi connectivity index (χ2v) is 4.47. The minimum absolute atomic E-state index is 0.0356.